The first-order chi connectivity index (χ1) is 8.79. The highest BCUT2D eigenvalue weighted by atomic mass is 16.5. The summed E-state index contributed by atoms with van der Waals surface area (Å²) in [6.45, 7) is 4.13. The van der Waals surface area contributed by atoms with Crippen LogP contribution in [0.15, 0.2) is 12.1 Å². The quantitative estimate of drug-likeness (QED) is 0.655. The van der Waals surface area contributed by atoms with Crippen molar-refractivity contribution in [3.05, 3.63) is 23.3 Å². The van der Waals surface area contributed by atoms with Crippen molar-refractivity contribution in [2.45, 2.75) is 27.2 Å². The number of carboxylic acids is 1. The molecule has 0 saturated carbocycles. The Bertz CT molecular complexity index is 532. The third-order valence-electron chi connectivity index (χ3n) is 2.21. The number of rotatable bonds is 4. The number of hydrogen-bond acceptors (Lipinski definition) is 5. The van der Waals surface area contributed by atoms with Gasteiger partial charge in [-0.15, -0.1) is 0 Å². The highest BCUT2D eigenvalue weighted by Gasteiger charge is 2.15. The Morgan fingerprint density at radius 3 is 2.05 bits per heavy atom. The van der Waals surface area contributed by atoms with Crippen LogP contribution in [0.3, 0.4) is 0 Å². The standard InChI is InChI=1S/C13H14O6/c1-7-4-12(19-9(3)15)10(6-13(16)17)5-11(7)18-8(2)14/h4-5H,6H2,1-3H3,(H,16,17). The van der Waals surface area contributed by atoms with Crippen molar-refractivity contribution < 1.29 is 29.0 Å². The molecule has 0 spiro atoms. The molecular weight excluding hydrogens is 252 g/mol. The number of carbonyl (C=O) groups is 3. The van der Waals surface area contributed by atoms with E-state index in [9.17, 15) is 14.4 Å². The molecule has 0 aromatic heterocycles. The number of carboxylic acid groups (broad SMARTS) is 1. The lowest BCUT2D eigenvalue weighted by Crippen LogP contribution is -2.09. The second-order valence-electron chi connectivity index (χ2n) is 3.98. The molecule has 6 nitrogen and oxygen atoms in total. The number of hydrogen-bond donors (Lipinski definition) is 1. The molecule has 0 unspecified atom stereocenters. The normalized spacial score (nSPS) is 9.84. The van der Waals surface area contributed by atoms with Crippen molar-refractivity contribution in [3.8, 4) is 11.5 Å². The zero-order chi connectivity index (χ0) is 14.6. The molecule has 0 radical (unpaired) electrons. The Kier molecular flexibility index (Phi) is 4.63. The van der Waals surface area contributed by atoms with Crippen LogP contribution in [0.1, 0.15) is 25.0 Å². The molecule has 19 heavy (non-hydrogen) atoms. The van der Waals surface area contributed by atoms with Gasteiger partial charge in [0.1, 0.15) is 11.5 Å². The van der Waals surface area contributed by atoms with Crippen molar-refractivity contribution in [3.63, 3.8) is 0 Å². The minimum absolute atomic E-state index is 0.156. The van der Waals surface area contributed by atoms with Crippen molar-refractivity contribution in [2.75, 3.05) is 0 Å². The molecule has 1 N–H and O–H groups in total. The maximum Gasteiger partial charge on any atom is 0.308 e. The van der Waals surface area contributed by atoms with E-state index >= 15 is 0 Å². The monoisotopic (exact) mass is 266 g/mol. The molecule has 0 aliphatic carbocycles. The average molecular weight is 266 g/mol. The van der Waals surface area contributed by atoms with Gasteiger partial charge in [-0.3, -0.25) is 14.4 Å². The van der Waals surface area contributed by atoms with Gasteiger partial charge < -0.3 is 14.6 Å². The third-order valence-corrected chi connectivity index (χ3v) is 2.21. The van der Waals surface area contributed by atoms with E-state index in [2.05, 4.69) is 0 Å². The average Bonchev–Trinajstić information content (AvgIpc) is 2.22. The molecule has 0 saturated heterocycles. The highest BCUT2D eigenvalue weighted by molar-refractivity contribution is 5.75. The summed E-state index contributed by atoms with van der Waals surface area (Å²) in [4.78, 5) is 32.7. The molecule has 1 aromatic rings. The van der Waals surface area contributed by atoms with E-state index in [-0.39, 0.29) is 23.5 Å². The predicted molar refractivity (Wildman–Crippen MR) is 65.1 cm³/mol. The fourth-order valence-electron chi connectivity index (χ4n) is 1.52. The van der Waals surface area contributed by atoms with Crippen LogP contribution < -0.4 is 9.47 Å². The lowest BCUT2D eigenvalue weighted by molar-refractivity contribution is -0.137. The maximum atomic E-state index is 11.0. The van der Waals surface area contributed by atoms with E-state index < -0.39 is 17.9 Å². The zero-order valence-corrected chi connectivity index (χ0v) is 10.9. The van der Waals surface area contributed by atoms with Crippen molar-refractivity contribution in [1.82, 2.24) is 0 Å². The van der Waals surface area contributed by atoms with Crippen LogP contribution in [0, 0.1) is 6.92 Å². The molecule has 0 fully saturated rings. The lowest BCUT2D eigenvalue weighted by Gasteiger charge is -2.12. The largest absolute Gasteiger partial charge is 0.481 e. The Balaban J connectivity index is 3.23. The first-order valence-electron chi connectivity index (χ1n) is 5.51. The topological polar surface area (TPSA) is 89.9 Å². The molecule has 1 aromatic carbocycles. The van der Waals surface area contributed by atoms with Crippen molar-refractivity contribution in [1.29, 1.82) is 0 Å². The Morgan fingerprint density at radius 2 is 1.58 bits per heavy atom. The van der Waals surface area contributed by atoms with E-state index in [4.69, 9.17) is 14.6 Å². The van der Waals surface area contributed by atoms with E-state index in [1.807, 2.05) is 0 Å². The molecule has 1 rings (SSSR count). The number of ether oxygens (including phenoxy) is 2. The van der Waals surface area contributed by atoms with Gasteiger partial charge in [0.05, 0.1) is 6.42 Å². The van der Waals surface area contributed by atoms with E-state index in [0.717, 1.165) is 0 Å². The second kappa shape index (κ2) is 5.99. The van der Waals surface area contributed by atoms with Crippen LogP contribution in [0.4, 0.5) is 0 Å². The van der Waals surface area contributed by atoms with Gasteiger partial charge in [0.2, 0.25) is 0 Å². The summed E-state index contributed by atoms with van der Waals surface area (Å²) >= 11 is 0. The van der Waals surface area contributed by atoms with Gasteiger partial charge in [-0.05, 0) is 24.6 Å². The maximum absolute atomic E-state index is 11.0. The van der Waals surface area contributed by atoms with Crippen molar-refractivity contribution in [2.24, 2.45) is 0 Å². The van der Waals surface area contributed by atoms with Gasteiger partial charge in [0.15, 0.2) is 0 Å². The van der Waals surface area contributed by atoms with Gasteiger partial charge >= 0.3 is 17.9 Å². The lowest BCUT2D eigenvalue weighted by atomic mass is 10.1. The van der Waals surface area contributed by atoms with Gasteiger partial charge in [0, 0.05) is 19.4 Å². The number of aliphatic carboxylic acids is 1. The fourth-order valence-corrected chi connectivity index (χ4v) is 1.52. The van der Waals surface area contributed by atoms with Gasteiger partial charge in [-0.2, -0.15) is 0 Å². The minimum Gasteiger partial charge on any atom is -0.481 e. The summed E-state index contributed by atoms with van der Waals surface area (Å²) in [5.74, 6) is -1.73. The minimum atomic E-state index is -1.08. The molecular formula is C13H14O6. The Labute approximate surface area is 109 Å². The van der Waals surface area contributed by atoms with Crippen LogP contribution in [0.25, 0.3) is 0 Å². The van der Waals surface area contributed by atoms with Gasteiger partial charge in [-0.25, -0.2) is 0 Å². The summed E-state index contributed by atoms with van der Waals surface area (Å²) in [6.07, 6.45) is -0.336. The molecule has 0 aliphatic heterocycles. The first kappa shape index (κ1) is 14.7. The third kappa shape index (κ3) is 4.42. The first-order valence-corrected chi connectivity index (χ1v) is 5.51. The summed E-state index contributed by atoms with van der Waals surface area (Å²) in [5, 5.41) is 8.82. The number of benzene rings is 1. The molecule has 102 valence electrons. The Morgan fingerprint density at radius 1 is 1.05 bits per heavy atom. The molecule has 0 amide bonds. The summed E-state index contributed by atoms with van der Waals surface area (Å²) in [6, 6.07) is 2.86. The van der Waals surface area contributed by atoms with E-state index in [1.165, 1.54) is 26.0 Å². The summed E-state index contributed by atoms with van der Waals surface area (Å²) in [5.41, 5.74) is 0.838. The molecule has 0 heterocycles. The van der Waals surface area contributed by atoms with Gasteiger partial charge in [0.25, 0.3) is 0 Å². The Hall–Kier alpha value is -2.37. The number of aryl methyl sites for hydroxylation is 1. The highest BCUT2D eigenvalue weighted by Crippen LogP contribution is 2.29. The van der Waals surface area contributed by atoms with E-state index in [1.54, 1.807) is 6.92 Å². The van der Waals surface area contributed by atoms with Crippen LogP contribution >= 0.6 is 0 Å². The molecule has 0 atom stereocenters. The fraction of sp³-hybridized carbons (Fsp3) is 0.308. The smallest absolute Gasteiger partial charge is 0.308 e. The SMILES string of the molecule is CC(=O)Oc1cc(CC(=O)O)c(OC(C)=O)cc1C. The summed E-state index contributed by atoms with van der Waals surface area (Å²) in [7, 11) is 0. The second-order valence-corrected chi connectivity index (χ2v) is 3.98. The zero-order valence-electron chi connectivity index (χ0n) is 10.9. The molecule has 0 aliphatic rings. The number of esters is 2. The van der Waals surface area contributed by atoms with Crippen LogP contribution in [0.5, 0.6) is 11.5 Å². The number of carbonyl (C=O) groups excluding carboxylic acids is 2. The predicted octanol–water partition coefficient (Wildman–Crippen LogP) is 1.47. The van der Waals surface area contributed by atoms with E-state index in [0.29, 0.717) is 5.56 Å². The summed E-state index contributed by atoms with van der Waals surface area (Å²) < 4.78 is 9.90. The van der Waals surface area contributed by atoms with Crippen LogP contribution in [0.2, 0.25) is 0 Å². The van der Waals surface area contributed by atoms with Crippen molar-refractivity contribution >= 4 is 17.9 Å². The van der Waals surface area contributed by atoms with Crippen LogP contribution in [-0.2, 0) is 20.8 Å². The molecule has 0 bridgehead atoms. The van der Waals surface area contributed by atoms with Crippen LogP contribution in [-0.4, -0.2) is 23.0 Å². The molecule has 6 heteroatoms. The van der Waals surface area contributed by atoms with Gasteiger partial charge in [-0.1, -0.05) is 0 Å².